The molecule has 0 aromatic carbocycles. The van der Waals surface area contributed by atoms with Crippen LogP contribution in [0.5, 0.6) is 0 Å². The van der Waals surface area contributed by atoms with Crippen molar-refractivity contribution in [3.63, 3.8) is 0 Å². The molecule has 0 saturated heterocycles. The average Bonchev–Trinajstić information content (AvgIpc) is 2.77. The normalized spacial score (nSPS) is 18.4. The highest BCUT2D eigenvalue weighted by atomic mass is 19.1. The standard InChI is InChI=1S/C23H24FN7/c1-16(28-20-10-19(24)14-27-15-20)31-8-4-3-7-30(2)22-6-5-21(29-23(22)31)18-9-17(11-25)12-26-13-18/h5-6,9,12-15,20,28H,1,3-4,7-8,10H2,2H3. The lowest BCUT2D eigenvalue weighted by atomic mass is 10.1. The van der Waals surface area contributed by atoms with E-state index >= 15 is 0 Å². The van der Waals surface area contributed by atoms with Gasteiger partial charge in [0.05, 0.1) is 29.2 Å². The van der Waals surface area contributed by atoms with Gasteiger partial charge in [0.25, 0.3) is 0 Å². The molecular formula is C23H24FN7. The van der Waals surface area contributed by atoms with Crippen molar-refractivity contribution < 1.29 is 4.39 Å². The molecule has 1 unspecified atom stereocenters. The van der Waals surface area contributed by atoms with Crippen LogP contribution in [0.4, 0.5) is 15.9 Å². The van der Waals surface area contributed by atoms with Crippen molar-refractivity contribution in [2.45, 2.75) is 25.3 Å². The first-order valence-corrected chi connectivity index (χ1v) is 10.2. The third-order valence-corrected chi connectivity index (χ3v) is 5.38. The number of rotatable bonds is 4. The number of pyridine rings is 2. The summed E-state index contributed by atoms with van der Waals surface area (Å²) in [4.78, 5) is 17.3. The van der Waals surface area contributed by atoms with Crippen LogP contribution in [-0.2, 0) is 0 Å². The highest BCUT2D eigenvalue weighted by Gasteiger charge is 2.23. The second kappa shape index (κ2) is 8.96. The largest absolute Gasteiger partial charge is 0.372 e. The zero-order valence-electron chi connectivity index (χ0n) is 17.4. The summed E-state index contributed by atoms with van der Waals surface area (Å²) in [6, 6.07) is 7.61. The van der Waals surface area contributed by atoms with E-state index in [0.29, 0.717) is 11.4 Å². The van der Waals surface area contributed by atoms with Crippen molar-refractivity contribution in [1.82, 2.24) is 15.3 Å². The Labute approximate surface area is 181 Å². The average molecular weight is 417 g/mol. The van der Waals surface area contributed by atoms with Crippen molar-refractivity contribution in [3.8, 4) is 17.3 Å². The van der Waals surface area contributed by atoms with Crippen molar-refractivity contribution >= 4 is 17.7 Å². The summed E-state index contributed by atoms with van der Waals surface area (Å²) in [5, 5.41) is 12.5. The van der Waals surface area contributed by atoms with Crippen molar-refractivity contribution in [3.05, 3.63) is 60.6 Å². The predicted molar refractivity (Wildman–Crippen MR) is 120 cm³/mol. The topological polar surface area (TPSA) is 80.4 Å². The van der Waals surface area contributed by atoms with Crippen LogP contribution >= 0.6 is 0 Å². The minimum Gasteiger partial charge on any atom is -0.372 e. The molecule has 4 rings (SSSR count). The number of anilines is 2. The van der Waals surface area contributed by atoms with Gasteiger partial charge in [-0.25, -0.2) is 9.37 Å². The SMILES string of the molecule is C=C(NC1C=NC=C(F)C1)N1CCCCN(C)c2ccc(-c3cncc(C#N)c3)nc21. The number of aromatic nitrogens is 2. The predicted octanol–water partition coefficient (Wildman–Crippen LogP) is 3.77. The lowest BCUT2D eigenvalue weighted by Crippen LogP contribution is -2.41. The summed E-state index contributed by atoms with van der Waals surface area (Å²) in [5.41, 5.74) is 2.97. The van der Waals surface area contributed by atoms with Gasteiger partial charge >= 0.3 is 0 Å². The molecule has 31 heavy (non-hydrogen) atoms. The minimum absolute atomic E-state index is 0.239. The van der Waals surface area contributed by atoms with Gasteiger partial charge in [-0.15, -0.1) is 0 Å². The lowest BCUT2D eigenvalue weighted by molar-refractivity contribution is 0.537. The Kier molecular flexibility index (Phi) is 5.94. The van der Waals surface area contributed by atoms with E-state index in [2.05, 4.69) is 32.8 Å². The smallest absolute Gasteiger partial charge is 0.158 e. The fraction of sp³-hybridized carbons (Fsp3) is 0.304. The highest BCUT2D eigenvalue weighted by molar-refractivity contribution is 5.75. The summed E-state index contributed by atoms with van der Waals surface area (Å²) >= 11 is 0. The van der Waals surface area contributed by atoms with Crippen molar-refractivity contribution in [2.24, 2.45) is 4.99 Å². The van der Waals surface area contributed by atoms with Gasteiger partial charge in [-0.2, -0.15) is 5.26 Å². The van der Waals surface area contributed by atoms with Gasteiger partial charge in [0.2, 0.25) is 0 Å². The number of hydrogen-bond acceptors (Lipinski definition) is 7. The number of fused-ring (bicyclic) bond motifs is 1. The number of aliphatic imine (C=N–C) groups is 1. The van der Waals surface area contributed by atoms with E-state index in [9.17, 15) is 9.65 Å². The molecule has 2 aromatic rings. The van der Waals surface area contributed by atoms with Crippen LogP contribution < -0.4 is 15.1 Å². The number of hydrogen-bond donors (Lipinski definition) is 1. The lowest BCUT2D eigenvalue weighted by Gasteiger charge is -2.35. The summed E-state index contributed by atoms with van der Waals surface area (Å²) in [6.45, 7) is 5.89. The van der Waals surface area contributed by atoms with Gasteiger partial charge < -0.3 is 15.1 Å². The van der Waals surface area contributed by atoms with Crippen LogP contribution in [0.15, 0.2) is 60.0 Å². The summed E-state index contributed by atoms with van der Waals surface area (Å²) in [5.74, 6) is 1.16. The van der Waals surface area contributed by atoms with Crippen molar-refractivity contribution in [2.75, 3.05) is 29.9 Å². The van der Waals surface area contributed by atoms with E-state index in [1.54, 1.807) is 18.5 Å². The number of nitrogens with one attached hydrogen (secondary N) is 1. The fourth-order valence-electron chi connectivity index (χ4n) is 3.77. The Hall–Kier alpha value is -3.73. The Bertz CT molecular complexity index is 1090. The quantitative estimate of drug-likeness (QED) is 0.816. The van der Waals surface area contributed by atoms with Crippen LogP contribution in [0.3, 0.4) is 0 Å². The Morgan fingerprint density at radius 1 is 1.29 bits per heavy atom. The van der Waals surface area contributed by atoms with Crippen LogP contribution in [0.1, 0.15) is 24.8 Å². The molecule has 0 amide bonds. The monoisotopic (exact) mass is 417 g/mol. The molecular weight excluding hydrogens is 393 g/mol. The third kappa shape index (κ3) is 4.56. The van der Waals surface area contributed by atoms with Crippen LogP contribution in [0.2, 0.25) is 0 Å². The maximum absolute atomic E-state index is 13.7. The molecule has 0 radical (unpaired) electrons. The van der Waals surface area contributed by atoms with Crippen LogP contribution in [-0.4, -0.2) is 42.4 Å². The molecule has 1 atom stereocenters. The third-order valence-electron chi connectivity index (χ3n) is 5.38. The van der Waals surface area contributed by atoms with Gasteiger partial charge in [-0.1, -0.05) is 6.58 Å². The van der Waals surface area contributed by atoms with E-state index in [-0.39, 0.29) is 18.3 Å². The van der Waals surface area contributed by atoms with E-state index in [1.165, 1.54) is 12.4 Å². The minimum atomic E-state index is -0.260. The molecule has 1 N–H and O–H groups in total. The summed E-state index contributed by atoms with van der Waals surface area (Å²) < 4.78 is 13.7. The summed E-state index contributed by atoms with van der Waals surface area (Å²) in [7, 11) is 2.05. The maximum Gasteiger partial charge on any atom is 0.158 e. The molecule has 7 nitrogen and oxygen atoms in total. The molecule has 0 aliphatic carbocycles. The van der Waals surface area contributed by atoms with E-state index in [4.69, 9.17) is 4.98 Å². The van der Waals surface area contributed by atoms with Crippen molar-refractivity contribution in [1.29, 1.82) is 5.26 Å². The summed E-state index contributed by atoms with van der Waals surface area (Å²) in [6.07, 6.45) is 8.40. The second-order valence-corrected chi connectivity index (χ2v) is 7.67. The van der Waals surface area contributed by atoms with Gasteiger partial charge in [-0.3, -0.25) is 9.98 Å². The van der Waals surface area contributed by atoms with Gasteiger partial charge in [0, 0.05) is 50.7 Å². The number of halogens is 1. The fourth-order valence-corrected chi connectivity index (χ4v) is 3.77. The Balaban J connectivity index is 1.69. The van der Waals surface area contributed by atoms with Crippen LogP contribution in [0.25, 0.3) is 11.3 Å². The maximum atomic E-state index is 13.7. The molecule has 0 saturated carbocycles. The zero-order chi connectivity index (χ0) is 21.8. The Morgan fingerprint density at radius 2 is 2.13 bits per heavy atom. The first kappa shape index (κ1) is 20.5. The van der Waals surface area contributed by atoms with Crippen LogP contribution in [0, 0.1) is 11.3 Å². The number of nitriles is 1. The first-order valence-electron chi connectivity index (χ1n) is 10.2. The number of nitrogens with zero attached hydrogens (tertiary/aromatic N) is 6. The second-order valence-electron chi connectivity index (χ2n) is 7.67. The van der Waals surface area contributed by atoms with E-state index in [0.717, 1.165) is 48.7 Å². The van der Waals surface area contributed by atoms with Gasteiger partial charge in [0.15, 0.2) is 5.82 Å². The molecule has 0 spiro atoms. The van der Waals surface area contributed by atoms with E-state index in [1.807, 2.05) is 24.1 Å². The highest BCUT2D eigenvalue weighted by Crippen LogP contribution is 2.33. The molecule has 0 bridgehead atoms. The Morgan fingerprint density at radius 3 is 2.94 bits per heavy atom. The zero-order valence-corrected chi connectivity index (χ0v) is 17.4. The molecule has 2 aliphatic heterocycles. The molecule has 8 heteroatoms. The molecule has 2 aromatic heterocycles. The molecule has 0 fully saturated rings. The van der Waals surface area contributed by atoms with E-state index < -0.39 is 0 Å². The molecule has 2 aliphatic rings. The van der Waals surface area contributed by atoms with Gasteiger partial charge in [0.1, 0.15) is 17.7 Å². The molecule has 4 heterocycles. The van der Waals surface area contributed by atoms with Gasteiger partial charge in [-0.05, 0) is 31.0 Å². The first-order chi connectivity index (χ1) is 15.0. The molecule has 158 valence electrons.